The number of carbonyl (C=O) groups excluding carboxylic acids is 1. The first-order valence-corrected chi connectivity index (χ1v) is 7.70. The van der Waals surface area contributed by atoms with Crippen LogP contribution in [0, 0.1) is 0 Å². The Hall–Kier alpha value is -2.54. The third-order valence-electron chi connectivity index (χ3n) is 3.35. The van der Waals surface area contributed by atoms with Gasteiger partial charge in [-0.3, -0.25) is 9.79 Å². The first-order valence-electron chi connectivity index (χ1n) is 7.33. The molecule has 0 radical (unpaired) electrons. The van der Waals surface area contributed by atoms with E-state index in [4.69, 9.17) is 11.6 Å². The number of rotatable bonds is 4. The van der Waals surface area contributed by atoms with E-state index in [2.05, 4.69) is 10.3 Å². The van der Waals surface area contributed by atoms with E-state index < -0.39 is 5.97 Å². The molecule has 0 fully saturated rings. The number of hydrogen-bond donors (Lipinski definition) is 2. The van der Waals surface area contributed by atoms with E-state index in [9.17, 15) is 14.7 Å². The summed E-state index contributed by atoms with van der Waals surface area (Å²) in [5, 5.41) is 13.7. The van der Waals surface area contributed by atoms with E-state index in [-0.39, 0.29) is 5.56 Å². The SMILES string of the molecule is CN(C)C=O.O=C(O)c1cn(CC2=NCCN2)c2cc(Cl)ccc12. The lowest BCUT2D eigenvalue weighted by molar-refractivity contribution is -0.115. The van der Waals surface area contributed by atoms with Crippen molar-refractivity contribution in [1.29, 1.82) is 0 Å². The van der Waals surface area contributed by atoms with Crippen LogP contribution in [-0.2, 0) is 11.3 Å². The van der Waals surface area contributed by atoms with Gasteiger partial charge in [0, 0.05) is 37.2 Å². The summed E-state index contributed by atoms with van der Waals surface area (Å²) in [6, 6.07) is 5.21. The van der Waals surface area contributed by atoms with Gasteiger partial charge in [-0.05, 0) is 12.1 Å². The molecule has 0 saturated carbocycles. The van der Waals surface area contributed by atoms with Gasteiger partial charge in [0.25, 0.3) is 0 Å². The summed E-state index contributed by atoms with van der Waals surface area (Å²) in [5.41, 5.74) is 1.09. The van der Waals surface area contributed by atoms with Crippen molar-refractivity contribution in [2.75, 3.05) is 27.2 Å². The van der Waals surface area contributed by atoms with Gasteiger partial charge in [0.1, 0.15) is 5.84 Å². The predicted octanol–water partition coefficient (Wildman–Crippen LogP) is 1.70. The molecule has 0 aliphatic carbocycles. The summed E-state index contributed by atoms with van der Waals surface area (Å²) in [6.45, 7) is 2.13. The molecule has 1 amide bonds. The third kappa shape index (κ3) is 4.26. The van der Waals surface area contributed by atoms with E-state index in [1.54, 1.807) is 38.5 Å². The second kappa shape index (κ2) is 7.83. The van der Waals surface area contributed by atoms with Crippen molar-refractivity contribution in [2.45, 2.75) is 6.54 Å². The van der Waals surface area contributed by atoms with Gasteiger partial charge < -0.3 is 19.9 Å². The first-order chi connectivity index (χ1) is 11.4. The Morgan fingerprint density at radius 1 is 1.50 bits per heavy atom. The average Bonchev–Trinajstić information content (AvgIpc) is 3.16. The Bertz CT molecular complexity index is 783. The predicted molar refractivity (Wildman–Crippen MR) is 94.0 cm³/mol. The lowest BCUT2D eigenvalue weighted by atomic mass is 10.2. The van der Waals surface area contributed by atoms with Crippen LogP contribution in [0.3, 0.4) is 0 Å². The van der Waals surface area contributed by atoms with Gasteiger partial charge in [-0.25, -0.2) is 4.79 Å². The average molecular weight is 351 g/mol. The van der Waals surface area contributed by atoms with Gasteiger partial charge in [-0.2, -0.15) is 0 Å². The number of carbonyl (C=O) groups is 2. The van der Waals surface area contributed by atoms with Crippen molar-refractivity contribution in [2.24, 2.45) is 4.99 Å². The number of benzene rings is 1. The monoisotopic (exact) mass is 350 g/mol. The Morgan fingerprint density at radius 3 is 2.75 bits per heavy atom. The van der Waals surface area contributed by atoms with Crippen LogP contribution >= 0.6 is 11.6 Å². The molecule has 1 aromatic carbocycles. The van der Waals surface area contributed by atoms with Crippen LogP contribution in [0.5, 0.6) is 0 Å². The Kier molecular flexibility index (Phi) is 5.81. The minimum absolute atomic E-state index is 0.283. The van der Waals surface area contributed by atoms with Crippen LogP contribution < -0.4 is 5.32 Å². The van der Waals surface area contributed by atoms with E-state index in [0.717, 1.165) is 30.9 Å². The van der Waals surface area contributed by atoms with E-state index in [1.165, 1.54) is 4.90 Å². The summed E-state index contributed by atoms with van der Waals surface area (Å²) in [7, 11) is 3.38. The van der Waals surface area contributed by atoms with Crippen LogP contribution in [0.15, 0.2) is 29.4 Å². The summed E-state index contributed by atoms with van der Waals surface area (Å²) in [6.07, 6.45) is 2.38. The number of aliphatic imine (C=N–C) groups is 1. The van der Waals surface area contributed by atoms with Gasteiger partial charge in [-0.15, -0.1) is 0 Å². The molecule has 2 aromatic rings. The maximum absolute atomic E-state index is 11.3. The number of amides is 1. The van der Waals surface area contributed by atoms with Crippen molar-refractivity contribution in [3.05, 3.63) is 35.0 Å². The van der Waals surface area contributed by atoms with Crippen molar-refractivity contribution in [1.82, 2.24) is 14.8 Å². The number of aromatic nitrogens is 1. The molecule has 0 spiro atoms. The smallest absolute Gasteiger partial charge is 0.337 e. The second-order valence-corrected chi connectivity index (χ2v) is 5.90. The van der Waals surface area contributed by atoms with Crippen molar-refractivity contribution in [3.8, 4) is 0 Å². The Labute approximate surface area is 144 Å². The maximum atomic E-state index is 11.3. The molecule has 8 heteroatoms. The number of fused-ring (bicyclic) bond motifs is 1. The standard InChI is InChI=1S/C13H12ClN3O2.C3H7NO/c14-8-1-2-9-10(13(18)19)6-17(11(9)5-8)7-12-15-3-4-16-12;1-4(2)3-5/h1-2,5-6H,3-4,7H2,(H,15,16)(H,18,19);3H,1-2H3. The zero-order chi connectivity index (χ0) is 17.7. The molecule has 0 atom stereocenters. The number of nitrogens with zero attached hydrogens (tertiary/aromatic N) is 3. The second-order valence-electron chi connectivity index (χ2n) is 5.46. The molecule has 24 heavy (non-hydrogen) atoms. The number of aromatic carboxylic acids is 1. The molecule has 1 aliphatic rings. The summed E-state index contributed by atoms with van der Waals surface area (Å²) >= 11 is 5.99. The number of hydrogen-bond acceptors (Lipinski definition) is 4. The first kappa shape index (κ1) is 17.8. The van der Waals surface area contributed by atoms with Crippen LogP contribution in [0.4, 0.5) is 0 Å². The van der Waals surface area contributed by atoms with Crippen LogP contribution in [0.1, 0.15) is 10.4 Å². The van der Waals surface area contributed by atoms with Crippen LogP contribution in [0.25, 0.3) is 10.9 Å². The fraction of sp³-hybridized carbons (Fsp3) is 0.312. The molecule has 2 N–H and O–H groups in total. The third-order valence-corrected chi connectivity index (χ3v) is 3.58. The summed E-state index contributed by atoms with van der Waals surface area (Å²) in [4.78, 5) is 26.5. The molecule has 2 heterocycles. The van der Waals surface area contributed by atoms with E-state index in [0.29, 0.717) is 17.0 Å². The molecule has 128 valence electrons. The highest BCUT2D eigenvalue weighted by atomic mass is 35.5. The van der Waals surface area contributed by atoms with E-state index in [1.807, 2.05) is 4.57 Å². The van der Waals surface area contributed by atoms with E-state index >= 15 is 0 Å². The summed E-state index contributed by atoms with van der Waals surface area (Å²) < 4.78 is 1.86. The molecule has 3 rings (SSSR count). The van der Waals surface area contributed by atoms with Crippen molar-refractivity contribution in [3.63, 3.8) is 0 Å². The quantitative estimate of drug-likeness (QED) is 0.822. The molecule has 0 saturated heterocycles. The molecule has 1 aliphatic heterocycles. The summed E-state index contributed by atoms with van der Waals surface area (Å²) in [5.74, 6) is -0.0683. The minimum atomic E-state index is -0.938. The lowest BCUT2D eigenvalue weighted by Crippen LogP contribution is -2.23. The molecule has 7 nitrogen and oxygen atoms in total. The molecule has 1 aromatic heterocycles. The molecule has 0 bridgehead atoms. The van der Waals surface area contributed by atoms with Gasteiger partial charge in [-0.1, -0.05) is 17.7 Å². The maximum Gasteiger partial charge on any atom is 0.337 e. The number of carboxylic acids is 1. The van der Waals surface area contributed by atoms with Crippen LogP contribution in [-0.4, -0.2) is 60.0 Å². The van der Waals surface area contributed by atoms with Gasteiger partial charge in [0.2, 0.25) is 6.41 Å². The van der Waals surface area contributed by atoms with Gasteiger partial charge >= 0.3 is 5.97 Å². The largest absolute Gasteiger partial charge is 0.478 e. The molecular weight excluding hydrogens is 332 g/mol. The Morgan fingerprint density at radius 2 is 2.21 bits per heavy atom. The van der Waals surface area contributed by atoms with Crippen molar-refractivity contribution >= 4 is 40.7 Å². The van der Waals surface area contributed by atoms with Crippen LogP contribution in [0.2, 0.25) is 5.02 Å². The number of amidine groups is 1. The highest BCUT2D eigenvalue weighted by Crippen LogP contribution is 2.25. The fourth-order valence-electron chi connectivity index (χ4n) is 2.28. The number of halogens is 1. The Balaban J connectivity index is 0.000000368. The lowest BCUT2D eigenvalue weighted by Gasteiger charge is -2.06. The van der Waals surface area contributed by atoms with Gasteiger partial charge in [0.15, 0.2) is 0 Å². The highest BCUT2D eigenvalue weighted by Gasteiger charge is 2.16. The highest BCUT2D eigenvalue weighted by molar-refractivity contribution is 6.31. The molecule has 0 unspecified atom stereocenters. The number of carboxylic acid groups (broad SMARTS) is 1. The van der Waals surface area contributed by atoms with Crippen molar-refractivity contribution < 1.29 is 14.7 Å². The fourth-order valence-corrected chi connectivity index (χ4v) is 2.45. The van der Waals surface area contributed by atoms with Gasteiger partial charge in [0.05, 0.1) is 24.2 Å². The molecular formula is C16H19ClN4O3. The normalized spacial score (nSPS) is 12.9. The zero-order valence-electron chi connectivity index (χ0n) is 13.5. The topological polar surface area (TPSA) is 86.9 Å². The minimum Gasteiger partial charge on any atom is -0.478 e. The number of nitrogens with one attached hydrogen (secondary N) is 1. The zero-order valence-corrected chi connectivity index (χ0v) is 14.2.